The molecular weight excluding hydrogens is 309 g/mol. The second kappa shape index (κ2) is 6.42. The molecule has 0 bridgehead atoms. The van der Waals surface area contributed by atoms with Gasteiger partial charge in [0.15, 0.2) is 0 Å². The maximum absolute atomic E-state index is 10.0. The van der Waals surface area contributed by atoms with Crippen molar-refractivity contribution in [1.29, 1.82) is 0 Å². The molecule has 5 nitrogen and oxygen atoms in total. The Bertz CT molecular complexity index is 464. The van der Waals surface area contributed by atoms with E-state index in [0.717, 1.165) is 0 Å². The van der Waals surface area contributed by atoms with Crippen LogP contribution < -0.4 is 4.46 Å². The molecule has 6 heteroatoms. The number of hydrogen-bond acceptors (Lipinski definition) is 3. The fourth-order valence-corrected chi connectivity index (χ4v) is 4.83. The zero-order chi connectivity index (χ0) is 13.8. The Morgan fingerprint density at radius 3 is 2.63 bits per heavy atom. The van der Waals surface area contributed by atoms with E-state index in [-0.39, 0.29) is 38.0 Å². The van der Waals surface area contributed by atoms with Gasteiger partial charge in [0.1, 0.15) is 0 Å². The number of hydrogen-bond donors (Lipinski definition) is 1. The Kier molecular flexibility index (Phi) is 4.86. The van der Waals surface area contributed by atoms with Crippen molar-refractivity contribution in [2.45, 2.75) is 37.1 Å². The van der Waals surface area contributed by atoms with E-state index in [0.29, 0.717) is 0 Å². The van der Waals surface area contributed by atoms with Gasteiger partial charge in [0, 0.05) is 0 Å². The standard InChI is InChI=1S/C13H17N3O2Se/c1-8-11(15-16-14)13(18-9(2)12(8)17)19-10-6-4-3-5-7-10/h3-9,11-13,17H,1-2H3/t8-,9?,11?,12-,13-/m1/s1. The van der Waals surface area contributed by atoms with E-state index in [1.165, 1.54) is 4.46 Å². The summed E-state index contributed by atoms with van der Waals surface area (Å²) in [7, 11) is 0. The number of aliphatic hydroxyl groups excluding tert-OH is 1. The van der Waals surface area contributed by atoms with Crippen LogP contribution in [0.5, 0.6) is 0 Å². The molecule has 102 valence electrons. The molecule has 0 aliphatic carbocycles. The first-order valence-corrected chi connectivity index (χ1v) is 8.07. The van der Waals surface area contributed by atoms with Gasteiger partial charge in [-0.1, -0.05) is 0 Å². The van der Waals surface area contributed by atoms with Crippen molar-refractivity contribution in [3.05, 3.63) is 40.8 Å². The summed E-state index contributed by atoms with van der Waals surface area (Å²) in [6, 6.07) is 9.75. The number of azide groups is 1. The van der Waals surface area contributed by atoms with Gasteiger partial charge in [0.05, 0.1) is 0 Å². The van der Waals surface area contributed by atoms with Gasteiger partial charge in [-0.2, -0.15) is 0 Å². The van der Waals surface area contributed by atoms with Gasteiger partial charge < -0.3 is 0 Å². The Morgan fingerprint density at radius 2 is 2.00 bits per heavy atom. The summed E-state index contributed by atoms with van der Waals surface area (Å²) >= 11 is 0.0583. The number of nitrogens with zero attached hydrogens (tertiary/aromatic N) is 3. The van der Waals surface area contributed by atoms with Crippen molar-refractivity contribution in [3.8, 4) is 0 Å². The van der Waals surface area contributed by atoms with E-state index in [1.807, 2.05) is 32.0 Å². The third-order valence-corrected chi connectivity index (χ3v) is 5.81. The second-order valence-corrected chi connectivity index (χ2v) is 7.14. The minimum absolute atomic E-state index is 0.0583. The molecule has 1 aromatic carbocycles. The van der Waals surface area contributed by atoms with Crippen LogP contribution in [0.15, 0.2) is 35.4 Å². The fraction of sp³-hybridized carbons (Fsp3) is 0.538. The molecule has 2 unspecified atom stereocenters. The van der Waals surface area contributed by atoms with Gasteiger partial charge in [-0.3, -0.25) is 0 Å². The zero-order valence-electron chi connectivity index (χ0n) is 10.9. The molecule has 0 spiro atoms. The molecule has 0 radical (unpaired) electrons. The zero-order valence-corrected chi connectivity index (χ0v) is 12.6. The van der Waals surface area contributed by atoms with Crippen LogP contribution in [0.3, 0.4) is 0 Å². The number of benzene rings is 1. The number of aliphatic hydroxyl groups is 1. The molecule has 1 saturated heterocycles. The average molecular weight is 326 g/mol. The normalized spacial score (nSPS) is 34.6. The van der Waals surface area contributed by atoms with Crippen molar-refractivity contribution in [1.82, 2.24) is 0 Å². The summed E-state index contributed by atoms with van der Waals surface area (Å²) in [5.74, 6) is -0.0877. The molecule has 0 aromatic heterocycles. The Hall–Kier alpha value is -1.03. The van der Waals surface area contributed by atoms with E-state index in [1.54, 1.807) is 0 Å². The summed E-state index contributed by atoms with van der Waals surface area (Å²) in [6.45, 7) is 3.78. The average Bonchev–Trinajstić information content (AvgIpc) is 2.42. The second-order valence-electron chi connectivity index (χ2n) is 4.69. The quantitative estimate of drug-likeness (QED) is 0.395. The Morgan fingerprint density at radius 1 is 1.32 bits per heavy atom. The van der Waals surface area contributed by atoms with Gasteiger partial charge in [-0.05, 0) is 0 Å². The third-order valence-electron chi connectivity index (χ3n) is 3.37. The van der Waals surface area contributed by atoms with Crippen LogP contribution in [0.1, 0.15) is 13.8 Å². The summed E-state index contributed by atoms with van der Waals surface area (Å²) in [4.78, 5) is 2.91. The first kappa shape index (κ1) is 14.4. The first-order valence-electron chi connectivity index (χ1n) is 6.23. The topological polar surface area (TPSA) is 78.2 Å². The molecule has 0 amide bonds. The van der Waals surface area contributed by atoms with Crippen LogP contribution >= 0.6 is 0 Å². The SMILES string of the molecule is CC1O[C@H]([Se]c2ccccc2)C(N=[N+]=[N-])[C@@H](C)[C@H]1O. The first-order chi connectivity index (χ1) is 9.13. The fourth-order valence-electron chi connectivity index (χ4n) is 2.20. The van der Waals surface area contributed by atoms with Gasteiger partial charge in [-0.25, -0.2) is 0 Å². The predicted octanol–water partition coefficient (Wildman–Crippen LogP) is 1.44. The predicted molar refractivity (Wildman–Crippen MR) is 74.3 cm³/mol. The summed E-state index contributed by atoms with van der Waals surface area (Å²) in [5.41, 5.74) is 8.70. The van der Waals surface area contributed by atoms with E-state index < -0.39 is 6.10 Å². The summed E-state index contributed by atoms with van der Waals surface area (Å²) in [6.07, 6.45) is -0.811. The van der Waals surface area contributed by atoms with E-state index >= 15 is 0 Å². The number of ether oxygens (including phenoxy) is 1. The molecule has 5 atom stereocenters. The van der Waals surface area contributed by atoms with Crippen molar-refractivity contribution in [3.63, 3.8) is 0 Å². The molecule has 1 heterocycles. The molecule has 2 rings (SSSR count). The van der Waals surface area contributed by atoms with Crippen LogP contribution in [0.2, 0.25) is 0 Å². The van der Waals surface area contributed by atoms with E-state index in [2.05, 4.69) is 22.2 Å². The Balaban J connectivity index is 2.18. The summed E-state index contributed by atoms with van der Waals surface area (Å²) < 4.78 is 7.05. The monoisotopic (exact) mass is 327 g/mol. The van der Waals surface area contributed by atoms with Crippen molar-refractivity contribution >= 4 is 19.4 Å². The van der Waals surface area contributed by atoms with Crippen molar-refractivity contribution in [2.75, 3.05) is 0 Å². The van der Waals surface area contributed by atoms with Gasteiger partial charge in [0.25, 0.3) is 0 Å². The van der Waals surface area contributed by atoms with E-state index in [9.17, 15) is 5.11 Å². The van der Waals surface area contributed by atoms with Gasteiger partial charge >= 0.3 is 118 Å². The van der Waals surface area contributed by atoms with Crippen LogP contribution in [0, 0.1) is 5.92 Å². The minimum atomic E-state index is -0.585. The van der Waals surface area contributed by atoms with Crippen LogP contribution in [-0.4, -0.2) is 43.3 Å². The van der Waals surface area contributed by atoms with Crippen molar-refractivity contribution < 1.29 is 9.84 Å². The van der Waals surface area contributed by atoms with E-state index in [4.69, 9.17) is 10.3 Å². The molecule has 1 aliphatic heterocycles. The molecular formula is C13H17N3O2Se. The maximum atomic E-state index is 10.0. The van der Waals surface area contributed by atoms with Crippen molar-refractivity contribution in [2.24, 2.45) is 11.0 Å². The molecule has 0 saturated carbocycles. The van der Waals surface area contributed by atoms with Crippen LogP contribution in [-0.2, 0) is 4.74 Å². The van der Waals surface area contributed by atoms with Crippen LogP contribution in [0.25, 0.3) is 10.4 Å². The van der Waals surface area contributed by atoms with Crippen LogP contribution in [0.4, 0.5) is 0 Å². The molecule has 1 N–H and O–H groups in total. The molecule has 1 fully saturated rings. The Labute approximate surface area is 118 Å². The third kappa shape index (κ3) is 3.30. The van der Waals surface area contributed by atoms with Gasteiger partial charge in [0.2, 0.25) is 0 Å². The summed E-state index contributed by atoms with van der Waals surface area (Å²) in [5, 5.41) is 13.7. The molecule has 1 aliphatic rings. The number of rotatable bonds is 3. The molecule has 1 aromatic rings. The molecule has 19 heavy (non-hydrogen) atoms. The van der Waals surface area contributed by atoms with Gasteiger partial charge in [-0.15, -0.1) is 0 Å².